The number of carbonyl (C=O) groups is 1. The van der Waals surface area contributed by atoms with Crippen molar-refractivity contribution in [3.8, 4) is 11.5 Å². The van der Waals surface area contributed by atoms with Crippen LogP contribution < -0.4 is 9.47 Å². The Morgan fingerprint density at radius 2 is 1.93 bits per heavy atom. The van der Waals surface area contributed by atoms with Crippen LogP contribution in [-0.2, 0) is 13.2 Å². The summed E-state index contributed by atoms with van der Waals surface area (Å²) in [4.78, 5) is 12.5. The molecule has 0 radical (unpaired) electrons. The van der Waals surface area contributed by atoms with E-state index < -0.39 is 0 Å². The van der Waals surface area contributed by atoms with E-state index in [4.69, 9.17) is 9.47 Å². The number of nitrogens with zero attached hydrogens (tertiary/aromatic N) is 3. The van der Waals surface area contributed by atoms with Gasteiger partial charge in [0, 0.05) is 12.1 Å². The summed E-state index contributed by atoms with van der Waals surface area (Å²) in [6, 6.07) is 13.1. The third kappa shape index (κ3) is 5.30. The van der Waals surface area contributed by atoms with Crippen LogP contribution in [0, 0.1) is 13.8 Å². The van der Waals surface area contributed by atoms with Gasteiger partial charge >= 0.3 is 0 Å². The molecule has 0 aliphatic rings. The minimum absolute atomic E-state index is 0.0175. The fourth-order valence-electron chi connectivity index (χ4n) is 2.94. The number of methoxy groups -OCH3 is 1. The number of aromatic nitrogens is 3. The fourth-order valence-corrected chi connectivity index (χ4v) is 3.80. The van der Waals surface area contributed by atoms with Crippen LogP contribution in [0.2, 0.25) is 0 Å². The largest absolute Gasteiger partial charge is 0.497 e. The molecule has 3 rings (SSSR count). The molecule has 0 fully saturated rings. The van der Waals surface area contributed by atoms with Crippen molar-refractivity contribution in [2.45, 2.75) is 32.2 Å². The molecule has 0 spiro atoms. The summed E-state index contributed by atoms with van der Waals surface area (Å²) in [6.45, 7) is 8.71. The van der Waals surface area contributed by atoms with Gasteiger partial charge in [-0.05, 0) is 49.7 Å². The number of carbonyl (C=O) groups excluding carboxylic acids is 1. The van der Waals surface area contributed by atoms with Crippen molar-refractivity contribution in [1.29, 1.82) is 0 Å². The van der Waals surface area contributed by atoms with E-state index >= 15 is 0 Å². The summed E-state index contributed by atoms with van der Waals surface area (Å²) in [5.74, 6) is 2.51. The molecule has 0 saturated heterocycles. The fraction of sp³-hybridized carbons (Fsp3) is 0.261. The van der Waals surface area contributed by atoms with Crippen LogP contribution in [0.3, 0.4) is 0 Å². The maximum Gasteiger partial charge on any atom is 0.192 e. The Balaban J connectivity index is 1.67. The van der Waals surface area contributed by atoms with Crippen molar-refractivity contribution in [3.05, 3.63) is 77.6 Å². The summed E-state index contributed by atoms with van der Waals surface area (Å²) in [5.41, 5.74) is 2.90. The number of aryl methyl sites for hydroxylation is 2. The van der Waals surface area contributed by atoms with Crippen LogP contribution >= 0.6 is 11.8 Å². The van der Waals surface area contributed by atoms with Gasteiger partial charge in [0.15, 0.2) is 16.8 Å². The summed E-state index contributed by atoms with van der Waals surface area (Å²) in [5, 5.41) is 9.18. The number of ketones is 1. The lowest BCUT2D eigenvalue weighted by molar-refractivity contribution is 0.102. The topological polar surface area (TPSA) is 66.2 Å². The molecule has 0 amide bonds. The molecule has 2 aromatic carbocycles. The predicted octanol–water partition coefficient (Wildman–Crippen LogP) is 4.64. The second-order valence-corrected chi connectivity index (χ2v) is 7.74. The van der Waals surface area contributed by atoms with Gasteiger partial charge in [-0.1, -0.05) is 35.5 Å². The average Bonchev–Trinajstić information content (AvgIpc) is 3.13. The molecule has 156 valence electrons. The number of hydrogen-bond acceptors (Lipinski definition) is 6. The molecule has 7 heteroatoms. The van der Waals surface area contributed by atoms with Gasteiger partial charge in [0.2, 0.25) is 0 Å². The molecule has 0 bridgehead atoms. The van der Waals surface area contributed by atoms with Crippen LogP contribution in [-0.4, -0.2) is 33.4 Å². The minimum atomic E-state index is 0.0175. The highest BCUT2D eigenvalue weighted by Gasteiger charge is 2.15. The van der Waals surface area contributed by atoms with Crippen LogP contribution in [0.5, 0.6) is 11.5 Å². The van der Waals surface area contributed by atoms with Crippen LogP contribution in [0.4, 0.5) is 0 Å². The molecule has 0 aliphatic heterocycles. The molecule has 6 nitrogen and oxygen atoms in total. The van der Waals surface area contributed by atoms with Crippen LogP contribution in [0.1, 0.15) is 27.3 Å². The Labute approximate surface area is 180 Å². The molecule has 0 unspecified atom stereocenters. The number of Topliss-reactive ketones (excluding diaryl/α,β-unsaturated/α-hetero) is 1. The number of benzene rings is 2. The third-order valence-corrected chi connectivity index (χ3v) is 5.50. The van der Waals surface area contributed by atoms with E-state index in [0.717, 1.165) is 17.1 Å². The Morgan fingerprint density at radius 3 is 2.60 bits per heavy atom. The second-order valence-electron chi connectivity index (χ2n) is 6.80. The highest BCUT2D eigenvalue weighted by molar-refractivity contribution is 7.99. The predicted molar refractivity (Wildman–Crippen MR) is 119 cm³/mol. The SMILES string of the molecule is C=CCn1c(COc2ccc(C)cc2C)nnc1SCC(=O)c1ccc(OC)cc1. The lowest BCUT2D eigenvalue weighted by Gasteiger charge is -2.11. The van der Waals surface area contributed by atoms with Crippen molar-refractivity contribution < 1.29 is 14.3 Å². The van der Waals surface area contributed by atoms with Gasteiger partial charge in [0.05, 0.1) is 12.9 Å². The highest BCUT2D eigenvalue weighted by Crippen LogP contribution is 2.23. The third-order valence-electron chi connectivity index (χ3n) is 4.54. The van der Waals surface area contributed by atoms with Crippen LogP contribution in [0.25, 0.3) is 0 Å². The number of thioether (sulfide) groups is 1. The Hall–Kier alpha value is -3.06. The van der Waals surface area contributed by atoms with Crippen molar-refractivity contribution in [1.82, 2.24) is 14.8 Å². The first-order valence-corrected chi connectivity index (χ1v) is 10.5. The van der Waals surface area contributed by atoms with Crippen LogP contribution in [0.15, 0.2) is 60.3 Å². The monoisotopic (exact) mass is 423 g/mol. The molecule has 0 saturated carbocycles. The average molecular weight is 424 g/mol. The quantitative estimate of drug-likeness (QED) is 0.269. The molecule has 0 aliphatic carbocycles. The molecular weight excluding hydrogens is 398 g/mol. The first-order valence-electron chi connectivity index (χ1n) is 9.55. The van der Waals surface area contributed by atoms with Gasteiger partial charge in [-0.25, -0.2) is 0 Å². The standard InChI is InChI=1S/C23H25N3O3S/c1-5-12-26-22(14-29-21-11-6-16(2)13-17(21)3)24-25-23(26)30-15-20(27)18-7-9-19(28-4)10-8-18/h5-11,13H,1,12,14-15H2,2-4H3. The maximum atomic E-state index is 12.5. The van der Waals surface area contributed by atoms with Gasteiger partial charge in [0.1, 0.15) is 18.1 Å². The zero-order valence-corrected chi connectivity index (χ0v) is 18.2. The molecule has 30 heavy (non-hydrogen) atoms. The normalized spacial score (nSPS) is 10.6. The van der Waals surface area contributed by atoms with Crippen molar-refractivity contribution in [3.63, 3.8) is 0 Å². The summed E-state index contributed by atoms with van der Waals surface area (Å²) >= 11 is 1.35. The first kappa shape index (κ1) is 21.6. The van der Waals surface area contributed by atoms with E-state index in [1.807, 2.05) is 30.5 Å². The lowest BCUT2D eigenvalue weighted by atomic mass is 10.1. The maximum absolute atomic E-state index is 12.5. The van der Waals surface area contributed by atoms with E-state index in [9.17, 15) is 4.79 Å². The molecular formula is C23H25N3O3S. The minimum Gasteiger partial charge on any atom is -0.497 e. The molecule has 1 aromatic heterocycles. The molecule has 3 aromatic rings. The van der Waals surface area contributed by atoms with Gasteiger partial charge < -0.3 is 9.47 Å². The van der Waals surface area contributed by atoms with Gasteiger partial charge in [-0.3, -0.25) is 9.36 Å². The van der Waals surface area contributed by atoms with Gasteiger partial charge in [0.25, 0.3) is 0 Å². The summed E-state index contributed by atoms with van der Waals surface area (Å²) in [6.07, 6.45) is 1.78. The van der Waals surface area contributed by atoms with E-state index in [1.54, 1.807) is 37.5 Å². The lowest BCUT2D eigenvalue weighted by Crippen LogP contribution is -2.09. The summed E-state index contributed by atoms with van der Waals surface area (Å²) < 4.78 is 13.0. The summed E-state index contributed by atoms with van der Waals surface area (Å²) in [7, 11) is 1.60. The Bertz CT molecular complexity index is 1030. The van der Waals surface area contributed by atoms with Crippen molar-refractivity contribution in [2.75, 3.05) is 12.9 Å². The zero-order valence-electron chi connectivity index (χ0n) is 17.4. The molecule has 0 atom stereocenters. The highest BCUT2D eigenvalue weighted by atomic mass is 32.2. The Kier molecular flexibility index (Phi) is 7.30. The number of hydrogen-bond donors (Lipinski definition) is 0. The van der Waals surface area contributed by atoms with E-state index in [2.05, 4.69) is 22.8 Å². The number of allylic oxidation sites excluding steroid dienone is 1. The van der Waals surface area contributed by atoms with Crippen molar-refractivity contribution in [2.24, 2.45) is 0 Å². The van der Waals surface area contributed by atoms with E-state index in [-0.39, 0.29) is 18.1 Å². The Morgan fingerprint density at radius 1 is 1.17 bits per heavy atom. The van der Waals surface area contributed by atoms with E-state index in [0.29, 0.717) is 23.1 Å². The molecule has 1 heterocycles. The van der Waals surface area contributed by atoms with Gasteiger partial charge in [-0.2, -0.15) is 0 Å². The molecule has 0 N–H and O–H groups in total. The van der Waals surface area contributed by atoms with Crippen molar-refractivity contribution >= 4 is 17.5 Å². The first-order chi connectivity index (χ1) is 14.5. The smallest absolute Gasteiger partial charge is 0.192 e. The number of ether oxygens (including phenoxy) is 2. The zero-order chi connectivity index (χ0) is 21.5. The van der Waals surface area contributed by atoms with Gasteiger partial charge in [-0.15, -0.1) is 16.8 Å². The van der Waals surface area contributed by atoms with E-state index in [1.165, 1.54) is 17.3 Å². The second kappa shape index (κ2) is 10.1. The number of rotatable bonds is 10.